The number of carbonyl (C=O) groups excluding carboxylic acids is 3. The Morgan fingerprint density at radius 1 is 0.973 bits per heavy atom. The maximum absolute atomic E-state index is 13.9. The highest BCUT2D eigenvalue weighted by Gasteiger charge is 2.43. The Balaban J connectivity index is 1.78. The van der Waals surface area contributed by atoms with Gasteiger partial charge in [-0.1, -0.05) is 60.7 Å². The summed E-state index contributed by atoms with van der Waals surface area (Å²) in [6.45, 7) is 7.72. The molecular formula is C30H33N3O4. The number of benzene rings is 3. The van der Waals surface area contributed by atoms with E-state index in [1.807, 2.05) is 75.4 Å². The first-order valence-corrected chi connectivity index (χ1v) is 12.3. The van der Waals surface area contributed by atoms with E-state index in [9.17, 15) is 14.4 Å². The minimum atomic E-state index is -0.817. The summed E-state index contributed by atoms with van der Waals surface area (Å²) >= 11 is 0. The molecule has 1 aliphatic heterocycles. The van der Waals surface area contributed by atoms with E-state index < -0.39 is 17.7 Å². The molecule has 3 aromatic rings. The molecule has 4 rings (SSSR count). The fraction of sp³-hybridized carbons (Fsp3) is 0.300. The van der Waals surface area contributed by atoms with Crippen LogP contribution in [0.1, 0.15) is 53.9 Å². The van der Waals surface area contributed by atoms with Gasteiger partial charge in [0.2, 0.25) is 5.91 Å². The molecule has 0 spiro atoms. The predicted molar refractivity (Wildman–Crippen MR) is 143 cm³/mol. The first-order chi connectivity index (χ1) is 17.5. The van der Waals surface area contributed by atoms with E-state index in [1.165, 1.54) is 4.90 Å². The van der Waals surface area contributed by atoms with Crippen LogP contribution < -0.4 is 10.1 Å². The van der Waals surface area contributed by atoms with Crippen molar-refractivity contribution < 1.29 is 19.1 Å². The molecule has 3 aromatic carbocycles. The molecule has 0 aliphatic carbocycles. The van der Waals surface area contributed by atoms with Gasteiger partial charge in [-0.05, 0) is 56.0 Å². The van der Waals surface area contributed by atoms with Gasteiger partial charge in [-0.3, -0.25) is 9.59 Å². The van der Waals surface area contributed by atoms with Crippen LogP contribution in [0.4, 0.5) is 4.79 Å². The van der Waals surface area contributed by atoms with E-state index in [2.05, 4.69) is 5.32 Å². The largest absolute Gasteiger partial charge is 0.414 e. The number of amides is 3. The van der Waals surface area contributed by atoms with Gasteiger partial charge >= 0.3 is 6.09 Å². The van der Waals surface area contributed by atoms with Gasteiger partial charge in [0, 0.05) is 31.7 Å². The van der Waals surface area contributed by atoms with Crippen LogP contribution in [0.3, 0.4) is 0 Å². The number of hydrogen-bond donors (Lipinski definition) is 1. The Hall–Kier alpha value is -4.13. The molecule has 1 aliphatic rings. The fourth-order valence-electron chi connectivity index (χ4n) is 4.57. The van der Waals surface area contributed by atoms with Crippen molar-refractivity contribution in [1.29, 1.82) is 0 Å². The molecule has 192 valence electrons. The second-order valence-electron chi connectivity index (χ2n) is 10.5. The third kappa shape index (κ3) is 5.35. The van der Waals surface area contributed by atoms with E-state index >= 15 is 0 Å². The van der Waals surface area contributed by atoms with Crippen LogP contribution in [0.2, 0.25) is 0 Å². The highest BCUT2D eigenvalue weighted by molar-refractivity contribution is 6.06. The van der Waals surface area contributed by atoms with Crippen molar-refractivity contribution in [3.8, 4) is 16.9 Å². The maximum atomic E-state index is 13.9. The zero-order valence-corrected chi connectivity index (χ0v) is 22.2. The lowest BCUT2D eigenvalue weighted by Crippen LogP contribution is -2.46. The molecule has 0 fully saturated rings. The van der Waals surface area contributed by atoms with Crippen LogP contribution in [0.15, 0.2) is 66.7 Å². The highest BCUT2D eigenvalue weighted by Crippen LogP contribution is 2.41. The molecule has 1 heterocycles. The van der Waals surface area contributed by atoms with Gasteiger partial charge in [0.15, 0.2) is 0 Å². The SMILES string of the molecule is Cc1c(OC(=O)N(C)C)ccc2c1C(=O)N(Cc1ccccc1-c1ccccc1)C2C(=O)NC(C)(C)C. The lowest BCUT2D eigenvalue weighted by Gasteiger charge is -2.29. The first-order valence-electron chi connectivity index (χ1n) is 12.3. The summed E-state index contributed by atoms with van der Waals surface area (Å²) in [7, 11) is 3.18. The van der Waals surface area contributed by atoms with Crippen molar-refractivity contribution in [2.45, 2.75) is 45.8 Å². The Bertz CT molecular complexity index is 1340. The van der Waals surface area contributed by atoms with E-state index in [0.717, 1.165) is 16.7 Å². The third-order valence-corrected chi connectivity index (χ3v) is 6.28. The van der Waals surface area contributed by atoms with Crippen LogP contribution in [0, 0.1) is 6.92 Å². The van der Waals surface area contributed by atoms with Gasteiger partial charge in [0.1, 0.15) is 11.8 Å². The van der Waals surface area contributed by atoms with E-state index in [4.69, 9.17) is 4.74 Å². The minimum absolute atomic E-state index is 0.243. The highest BCUT2D eigenvalue weighted by atomic mass is 16.6. The predicted octanol–water partition coefficient (Wildman–Crippen LogP) is 5.33. The van der Waals surface area contributed by atoms with Crippen LogP contribution in [0.25, 0.3) is 11.1 Å². The Labute approximate surface area is 218 Å². The van der Waals surface area contributed by atoms with Crippen LogP contribution >= 0.6 is 0 Å². The summed E-state index contributed by atoms with van der Waals surface area (Å²) in [6.07, 6.45) is -0.538. The molecule has 0 bridgehead atoms. The van der Waals surface area contributed by atoms with Gasteiger partial charge in [0.25, 0.3) is 5.91 Å². The molecule has 37 heavy (non-hydrogen) atoms. The lowest BCUT2D eigenvalue weighted by molar-refractivity contribution is -0.127. The van der Waals surface area contributed by atoms with E-state index in [-0.39, 0.29) is 18.4 Å². The molecule has 0 saturated carbocycles. The standard InChI is InChI=1S/C30H33N3O4/c1-19-24(37-29(36)32(5)6)17-16-23-25(19)28(35)33(26(23)27(34)31-30(2,3)4)18-21-14-10-11-15-22(21)20-12-8-7-9-13-20/h7-17,26H,18H2,1-6H3,(H,31,34). The van der Waals surface area contributed by atoms with Crippen molar-refractivity contribution in [3.63, 3.8) is 0 Å². The number of nitrogens with one attached hydrogen (secondary N) is 1. The van der Waals surface area contributed by atoms with Crippen molar-refractivity contribution in [3.05, 3.63) is 89.0 Å². The molecule has 7 nitrogen and oxygen atoms in total. The third-order valence-electron chi connectivity index (χ3n) is 6.28. The molecule has 0 aromatic heterocycles. The molecule has 0 saturated heterocycles. The van der Waals surface area contributed by atoms with E-state index in [0.29, 0.717) is 22.4 Å². The Morgan fingerprint density at radius 2 is 1.62 bits per heavy atom. The maximum Gasteiger partial charge on any atom is 0.414 e. The van der Waals surface area contributed by atoms with Crippen LogP contribution in [-0.4, -0.2) is 47.3 Å². The molecule has 1 atom stereocenters. The molecule has 1 unspecified atom stereocenters. The Kier molecular flexibility index (Phi) is 7.07. The zero-order chi connectivity index (χ0) is 26.9. The summed E-state index contributed by atoms with van der Waals surface area (Å²) in [5, 5.41) is 3.04. The topological polar surface area (TPSA) is 79.0 Å². The van der Waals surface area contributed by atoms with Crippen molar-refractivity contribution in [2.24, 2.45) is 0 Å². The summed E-state index contributed by atoms with van der Waals surface area (Å²) in [6, 6.07) is 20.4. The quantitative estimate of drug-likeness (QED) is 0.514. The summed E-state index contributed by atoms with van der Waals surface area (Å²) < 4.78 is 5.50. The van der Waals surface area contributed by atoms with Gasteiger partial charge in [-0.25, -0.2) is 4.79 Å². The second-order valence-corrected chi connectivity index (χ2v) is 10.5. The van der Waals surface area contributed by atoms with E-state index in [1.54, 1.807) is 38.1 Å². The number of fused-ring (bicyclic) bond motifs is 1. The first kappa shape index (κ1) is 25.9. The zero-order valence-electron chi connectivity index (χ0n) is 22.2. The monoisotopic (exact) mass is 499 g/mol. The molecule has 0 radical (unpaired) electrons. The van der Waals surface area contributed by atoms with Gasteiger partial charge in [-0.2, -0.15) is 0 Å². The van der Waals surface area contributed by atoms with Crippen molar-refractivity contribution >= 4 is 17.9 Å². The Morgan fingerprint density at radius 3 is 2.27 bits per heavy atom. The molecular weight excluding hydrogens is 466 g/mol. The van der Waals surface area contributed by atoms with Crippen molar-refractivity contribution in [2.75, 3.05) is 14.1 Å². The normalized spacial score (nSPS) is 14.8. The molecule has 1 N–H and O–H groups in total. The second kappa shape index (κ2) is 10.1. The summed E-state index contributed by atoms with van der Waals surface area (Å²) in [5.41, 5.74) is 4.02. The summed E-state index contributed by atoms with van der Waals surface area (Å²) in [5.74, 6) is -0.228. The number of carbonyl (C=O) groups is 3. The van der Waals surface area contributed by atoms with Gasteiger partial charge in [-0.15, -0.1) is 0 Å². The fourth-order valence-corrected chi connectivity index (χ4v) is 4.57. The number of nitrogens with zero attached hydrogens (tertiary/aromatic N) is 2. The number of ether oxygens (including phenoxy) is 1. The summed E-state index contributed by atoms with van der Waals surface area (Å²) in [4.78, 5) is 42.6. The molecule has 3 amide bonds. The smallest absolute Gasteiger partial charge is 0.410 e. The lowest BCUT2D eigenvalue weighted by atomic mass is 9.97. The average molecular weight is 500 g/mol. The van der Waals surface area contributed by atoms with Crippen LogP contribution in [-0.2, 0) is 11.3 Å². The van der Waals surface area contributed by atoms with Crippen molar-refractivity contribution in [1.82, 2.24) is 15.1 Å². The minimum Gasteiger partial charge on any atom is -0.410 e. The average Bonchev–Trinajstić information content (AvgIpc) is 3.12. The van der Waals surface area contributed by atoms with Gasteiger partial charge < -0.3 is 19.9 Å². The number of rotatable bonds is 5. The van der Waals surface area contributed by atoms with Crippen LogP contribution in [0.5, 0.6) is 5.75 Å². The van der Waals surface area contributed by atoms with Gasteiger partial charge in [0.05, 0.1) is 5.56 Å². The molecule has 7 heteroatoms. The number of hydrogen-bond acceptors (Lipinski definition) is 4.